The lowest BCUT2D eigenvalue weighted by Crippen LogP contribution is -2.44. The van der Waals surface area contributed by atoms with Gasteiger partial charge in [-0.25, -0.2) is 4.39 Å². The van der Waals surface area contributed by atoms with Crippen molar-refractivity contribution in [3.05, 3.63) is 34.1 Å². The zero-order valence-corrected chi connectivity index (χ0v) is 15.0. The van der Waals surface area contributed by atoms with Gasteiger partial charge in [0.1, 0.15) is 5.82 Å². The first kappa shape index (κ1) is 17.0. The summed E-state index contributed by atoms with van der Waals surface area (Å²) in [5, 5.41) is 3.54. The molecule has 1 atom stereocenters. The lowest BCUT2D eigenvalue weighted by Gasteiger charge is -2.39. The standard InChI is InChI=1S/C18H27BrFN/c1-13(2)12-18(8-4-5-9-18)17(21-3)11-14-10-15(20)6-7-16(14)19/h6-7,10,13,17,21H,4-5,8-9,11-12H2,1-3H3. The summed E-state index contributed by atoms with van der Waals surface area (Å²) >= 11 is 3.57. The van der Waals surface area contributed by atoms with Crippen LogP contribution in [-0.4, -0.2) is 13.1 Å². The van der Waals surface area contributed by atoms with Crippen molar-refractivity contribution in [3.8, 4) is 0 Å². The SMILES string of the molecule is CNC(Cc1cc(F)ccc1Br)C1(CC(C)C)CCCC1. The molecule has 3 heteroatoms. The second-order valence-corrected chi connectivity index (χ2v) is 7.80. The third kappa shape index (κ3) is 4.07. The summed E-state index contributed by atoms with van der Waals surface area (Å²) in [6.07, 6.45) is 7.39. The molecule has 1 aromatic carbocycles. The number of nitrogens with one attached hydrogen (secondary N) is 1. The average molecular weight is 356 g/mol. The molecule has 0 bridgehead atoms. The zero-order chi connectivity index (χ0) is 15.5. The second-order valence-electron chi connectivity index (χ2n) is 6.95. The van der Waals surface area contributed by atoms with Crippen molar-refractivity contribution in [2.75, 3.05) is 7.05 Å². The van der Waals surface area contributed by atoms with Gasteiger partial charge in [-0.2, -0.15) is 0 Å². The van der Waals surface area contributed by atoms with Crippen molar-refractivity contribution in [1.82, 2.24) is 5.32 Å². The van der Waals surface area contributed by atoms with Crippen molar-refractivity contribution in [2.45, 2.75) is 58.4 Å². The highest BCUT2D eigenvalue weighted by Gasteiger charge is 2.40. The molecule has 21 heavy (non-hydrogen) atoms. The number of rotatable bonds is 6. The van der Waals surface area contributed by atoms with Gasteiger partial charge in [-0.05, 0) is 67.8 Å². The highest BCUT2D eigenvalue weighted by atomic mass is 79.9. The van der Waals surface area contributed by atoms with Crippen LogP contribution < -0.4 is 5.32 Å². The van der Waals surface area contributed by atoms with Crippen LogP contribution in [-0.2, 0) is 6.42 Å². The van der Waals surface area contributed by atoms with Crippen LogP contribution in [0.2, 0.25) is 0 Å². The molecule has 0 spiro atoms. The van der Waals surface area contributed by atoms with E-state index < -0.39 is 0 Å². The van der Waals surface area contributed by atoms with Crippen molar-refractivity contribution in [2.24, 2.45) is 11.3 Å². The topological polar surface area (TPSA) is 12.0 Å². The Balaban J connectivity index is 2.22. The molecule has 0 aromatic heterocycles. The van der Waals surface area contributed by atoms with Crippen LogP contribution in [0, 0.1) is 17.2 Å². The van der Waals surface area contributed by atoms with E-state index in [1.54, 1.807) is 6.07 Å². The van der Waals surface area contributed by atoms with E-state index in [4.69, 9.17) is 0 Å². The maximum absolute atomic E-state index is 13.5. The van der Waals surface area contributed by atoms with Gasteiger partial charge in [0.15, 0.2) is 0 Å². The molecule has 0 heterocycles. The highest BCUT2D eigenvalue weighted by Crippen LogP contribution is 2.47. The minimum atomic E-state index is -0.146. The summed E-state index contributed by atoms with van der Waals surface area (Å²) in [6.45, 7) is 4.62. The van der Waals surface area contributed by atoms with Gasteiger partial charge in [0.25, 0.3) is 0 Å². The summed E-state index contributed by atoms with van der Waals surface area (Å²) in [5.41, 5.74) is 1.44. The van der Waals surface area contributed by atoms with E-state index in [9.17, 15) is 4.39 Å². The monoisotopic (exact) mass is 355 g/mol. The predicted molar refractivity (Wildman–Crippen MR) is 91.0 cm³/mol. The van der Waals surface area contributed by atoms with E-state index in [1.807, 2.05) is 6.07 Å². The third-order valence-corrected chi connectivity index (χ3v) is 5.71. The molecule has 118 valence electrons. The smallest absolute Gasteiger partial charge is 0.123 e. The van der Waals surface area contributed by atoms with E-state index in [1.165, 1.54) is 38.2 Å². The van der Waals surface area contributed by atoms with Crippen LogP contribution in [0.3, 0.4) is 0 Å². The molecule has 0 amide bonds. The quantitative estimate of drug-likeness (QED) is 0.727. The number of hydrogen-bond acceptors (Lipinski definition) is 1. The van der Waals surface area contributed by atoms with E-state index >= 15 is 0 Å². The van der Waals surface area contributed by atoms with Crippen LogP contribution in [0.4, 0.5) is 4.39 Å². The molecule has 1 aromatic rings. The maximum Gasteiger partial charge on any atom is 0.123 e. The van der Waals surface area contributed by atoms with Crippen LogP contribution in [0.15, 0.2) is 22.7 Å². The molecule has 1 aliphatic rings. The Morgan fingerprint density at radius 3 is 2.52 bits per heavy atom. The Kier molecular flexibility index (Phi) is 5.84. The molecule has 0 aliphatic heterocycles. The minimum absolute atomic E-state index is 0.146. The summed E-state index contributed by atoms with van der Waals surface area (Å²) in [5.74, 6) is 0.558. The van der Waals surface area contributed by atoms with Gasteiger partial charge in [0.05, 0.1) is 0 Å². The summed E-state index contributed by atoms with van der Waals surface area (Å²) in [4.78, 5) is 0. The van der Waals surface area contributed by atoms with Gasteiger partial charge in [-0.15, -0.1) is 0 Å². The number of hydrogen-bond donors (Lipinski definition) is 1. The summed E-state index contributed by atoms with van der Waals surface area (Å²) in [6, 6.07) is 5.43. The van der Waals surface area contributed by atoms with Crippen molar-refractivity contribution in [1.29, 1.82) is 0 Å². The molecular formula is C18H27BrFN. The lowest BCUT2D eigenvalue weighted by atomic mass is 9.71. The predicted octanol–water partition coefficient (Wildman–Crippen LogP) is 5.33. The van der Waals surface area contributed by atoms with Crippen molar-refractivity contribution < 1.29 is 4.39 Å². The van der Waals surface area contributed by atoms with Gasteiger partial charge in [-0.1, -0.05) is 42.6 Å². The fourth-order valence-corrected chi connectivity index (χ4v) is 4.54. The largest absolute Gasteiger partial charge is 0.316 e. The van der Waals surface area contributed by atoms with Crippen LogP contribution >= 0.6 is 15.9 Å². The van der Waals surface area contributed by atoms with Crippen LogP contribution in [0.25, 0.3) is 0 Å². The molecular weight excluding hydrogens is 329 g/mol. The first-order valence-corrected chi connectivity index (χ1v) is 8.87. The van der Waals surface area contributed by atoms with Crippen LogP contribution in [0.5, 0.6) is 0 Å². The number of benzene rings is 1. The van der Waals surface area contributed by atoms with E-state index in [0.29, 0.717) is 17.4 Å². The molecule has 1 nitrogen and oxygen atoms in total. The molecule has 1 unspecified atom stereocenters. The first-order chi connectivity index (χ1) is 9.97. The Bertz CT molecular complexity index is 466. The summed E-state index contributed by atoms with van der Waals surface area (Å²) in [7, 11) is 2.05. The molecule has 1 aliphatic carbocycles. The fraction of sp³-hybridized carbons (Fsp3) is 0.667. The van der Waals surface area contributed by atoms with Gasteiger partial charge < -0.3 is 5.32 Å². The zero-order valence-electron chi connectivity index (χ0n) is 13.4. The third-order valence-electron chi connectivity index (χ3n) is 4.93. The van der Waals surface area contributed by atoms with Gasteiger partial charge in [0, 0.05) is 10.5 Å². The fourth-order valence-electron chi connectivity index (χ4n) is 4.13. The molecule has 1 saturated carbocycles. The van der Waals surface area contributed by atoms with E-state index in [-0.39, 0.29) is 5.82 Å². The normalized spacial score (nSPS) is 19.1. The average Bonchev–Trinajstić information content (AvgIpc) is 2.88. The molecule has 0 saturated heterocycles. The highest BCUT2D eigenvalue weighted by molar-refractivity contribution is 9.10. The van der Waals surface area contributed by atoms with E-state index in [0.717, 1.165) is 16.5 Å². The van der Waals surface area contributed by atoms with Gasteiger partial charge in [-0.3, -0.25) is 0 Å². The lowest BCUT2D eigenvalue weighted by molar-refractivity contribution is 0.160. The Morgan fingerprint density at radius 1 is 1.29 bits per heavy atom. The molecule has 1 N–H and O–H groups in total. The first-order valence-electron chi connectivity index (χ1n) is 8.08. The molecule has 2 rings (SSSR count). The number of likely N-dealkylation sites (N-methyl/N-ethyl adjacent to an activating group) is 1. The van der Waals surface area contributed by atoms with Crippen LogP contribution in [0.1, 0.15) is 51.5 Å². The summed E-state index contributed by atoms with van der Waals surface area (Å²) < 4.78 is 14.6. The Morgan fingerprint density at radius 2 is 1.95 bits per heavy atom. The maximum atomic E-state index is 13.5. The van der Waals surface area contributed by atoms with Crippen molar-refractivity contribution >= 4 is 15.9 Å². The minimum Gasteiger partial charge on any atom is -0.316 e. The Labute approximate surface area is 136 Å². The Hall–Kier alpha value is -0.410. The number of halogens is 2. The van der Waals surface area contributed by atoms with Gasteiger partial charge in [0.2, 0.25) is 0 Å². The van der Waals surface area contributed by atoms with Crippen molar-refractivity contribution in [3.63, 3.8) is 0 Å². The van der Waals surface area contributed by atoms with E-state index in [2.05, 4.69) is 42.1 Å². The second kappa shape index (κ2) is 7.23. The molecule has 1 fully saturated rings. The van der Waals surface area contributed by atoms with Gasteiger partial charge >= 0.3 is 0 Å². The molecule has 0 radical (unpaired) electrons.